The Balaban J connectivity index is 2.00. The number of rotatable bonds is 6. The Kier molecular flexibility index (Phi) is 6.36. The molecular weight excluding hydrogens is 344 g/mol. The van der Waals surface area contributed by atoms with Crippen molar-refractivity contribution >= 4 is 29.2 Å². The predicted molar refractivity (Wildman–Crippen MR) is 95.2 cm³/mol. The van der Waals surface area contributed by atoms with Gasteiger partial charge in [-0.2, -0.15) is 0 Å². The highest BCUT2D eigenvalue weighted by atomic mass is 35.5. The van der Waals surface area contributed by atoms with Gasteiger partial charge in [0.2, 0.25) is 0 Å². The third-order valence-electron chi connectivity index (χ3n) is 3.30. The quantitative estimate of drug-likeness (QED) is 0.628. The number of halogens is 1. The number of nitrogens with zero attached hydrogens (tertiary/aromatic N) is 1. The molecule has 2 aromatic rings. The van der Waals surface area contributed by atoms with Gasteiger partial charge in [0.1, 0.15) is 10.9 Å². The van der Waals surface area contributed by atoms with Crippen molar-refractivity contribution in [1.82, 2.24) is 4.98 Å². The molecule has 0 saturated carbocycles. The van der Waals surface area contributed by atoms with Crippen LogP contribution >= 0.6 is 11.6 Å². The van der Waals surface area contributed by atoms with E-state index in [0.717, 1.165) is 0 Å². The van der Waals surface area contributed by atoms with Gasteiger partial charge in [-0.25, -0.2) is 9.78 Å². The number of benzene rings is 1. The van der Waals surface area contributed by atoms with Gasteiger partial charge in [-0.1, -0.05) is 23.7 Å². The lowest BCUT2D eigenvalue weighted by molar-refractivity contribution is -0.119. The topological polar surface area (TPSA) is 77.5 Å². The first-order valence-electron chi connectivity index (χ1n) is 7.75. The van der Waals surface area contributed by atoms with E-state index < -0.39 is 18.5 Å². The number of carbonyl (C=O) groups excluding carboxylic acids is 2. The van der Waals surface area contributed by atoms with Crippen molar-refractivity contribution in [2.75, 3.05) is 18.5 Å². The van der Waals surface area contributed by atoms with E-state index in [9.17, 15) is 9.59 Å². The molecule has 1 aromatic heterocycles. The van der Waals surface area contributed by atoms with Crippen LogP contribution < -0.4 is 10.1 Å². The third kappa shape index (κ3) is 4.93. The molecule has 0 unspecified atom stereocenters. The summed E-state index contributed by atoms with van der Waals surface area (Å²) >= 11 is 6.00. The average Bonchev–Trinajstić information content (AvgIpc) is 2.54. The molecule has 0 aliphatic carbocycles. The van der Waals surface area contributed by atoms with Gasteiger partial charge in [-0.3, -0.25) is 4.79 Å². The maximum atomic E-state index is 12.2. The van der Waals surface area contributed by atoms with Crippen molar-refractivity contribution in [1.29, 1.82) is 0 Å². The van der Waals surface area contributed by atoms with Crippen LogP contribution in [0.4, 0.5) is 5.69 Å². The monoisotopic (exact) mass is 362 g/mol. The Morgan fingerprint density at radius 3 is 2.64 bits per heavy atom. The SMILES string of the molecule is CCOc1ccccc1NC(=O)COC(=O)c1c(C)cc(C)nc1Cl. The number of amides is 1. The summed E-state index contributed by atoms with van der Waals surface area (Å²) in [5.74, 6) is -0.621. The molecule has 0 bridgehead atoms. The standard InChI is InChI=1S/C18H19ClN2O4/c1-4-24-14-8-6-5-7-13(14)21-15(22)10-25-18(23)16-11(2)9-12(3)20-17(16)19/h5-9H,4,10H2,1-3H3,(H,21,22). The van der Waals surface area contributed by atoms with Crippen molar-refractivity contribution < 1.29 is 19.1 Å². The smallest absolute Gasteiger partial charge is 0.342 e. The summed E-state index contributed by atoms with van der Waals surface area (Å²) in [6, 6.07) is 8.74. The van der Waals surface area contributed by atoms with E-state index in [1.54, 1.807) is 44.2 Å². The molecule has 0 aliphatic heterocycles. The number of hydrogen-bond donors (Lipinski definition) is 1. The number of carbonyl (C=O) groups is 2. The van der Waals surface area contributed by atoms with Gasteiger partial charge >= 0.3 is 5.97 Å². The molecule has 1 N–H and O–H groups in total. The average molecular weight is 363 g/mol. The molecule has 0 saturated heterocycles. The number of aromatic nitrogens is 1. The lowest BCUT2D eigenvalue weighted by Crippen LogP contribution is -2.22. The molecule has 1 aromatic carbocycles. The summed E-state index contributed by atoms with van der Waals surface area (Å²) in [5, 5.41) is 2.71. The van der Waals surface area contributed by atoms with Crippen LogP contribution in [0.15, 0.2) is 30.3 Å². The highest BCUT2D eigenvalue weighted by Gasteiger charge is 2.18. The summed E-state index contributed by atoms with van der Waals surface area (Å²) < 4.78 is 10.5. The Labute approximate surface area is 151 Å². The van der Waals surface area contributed by atoms with Crippen LogP contribution in [0.2, 0.25) is 5.15 Å². The van der Waals surface area contributed by atoms with Gasteiger partial charge in [-0.15, -0.1) is 0 Å². The summed E-state index contributed by atoms with van der Waals surface area (Å²) in [6.07, 6.45) is 0. The minimum atomic E-state index is -0.691. The lowest BCUT2D eigenvalue weighted by Gasteiger charge is -2.12. The Hall–Kier alpha value is -2.60. The Morgan fingerprint density at radius 1 is 1.24 bits per heavy atom. The van der Waals surface area contributed by atoms with E-state index in [-0.39, 0.29) is 10.7 Å². The maximum absolute atomic E-state index is 12.2. The van der Waals surface area contributed by atoms with Crippen molar-refractivity contribution in [2.45, 2.75) is 20.8 Å². The first-order chi connectivity index (χ1) is 11.9. The van der Waals surface area contributed by atoms with E-state index in [2.05, 4.69) is 10.3 Å². The highest BCUT2D eigenvalue weighted by Crippen LogP contribution is 2.24. The van der Waals surface area contributed by atoms with Gasteiger partial charge in [0.15, 0.2) is 6.61 Å². The molecule has 0 radical (unpaired) electrons. The number of nitrogens with one attached hydrogen (secondary N) is 1. The molecule has 1 amide bonds. The summed E-state index contributed by atoms with van der Waals surface area (Å²) in [5.41, 5.74) is 2.01. The first-order valence-corrected chi connectivity index (χ1v) is 8.12. The second-order valence-electron chi connectivity index (χ2n) is 5.30. The van der Waals surface area contributed by atoms with E-state index in [4.69, 9.17) is 21.1 Å². The largest absolute Gasteiger partial charge is 0.492 e. The fourth-order valence-electron chi connectivity index (χ4n) is 2.28. The number of ether oxygens (including phenoxy) is 2. The molecule has 0 atom stereocenters. The van der Waals surface area contributed by atoms with Crippen LogP contribution in [0.3, 0.4) is 0 Å². The number of pyridine rings is 1. The zero-order valence-electron chi connectivity index (χ0n) is 14.3. The molecule has 0 fully saturated rings. The number of aryl methyl sites for hydroxylation is 2. The van der Waals surface area contributed by atoms with Crippen LogP contribution in [0.25, 0.3) is 0 Å². The summed E-state index contributed by atoms with van der Waals surface area (Å²) in [7, 11) is 0. The fraction of sp³-hybridized carbons (Fsp3) is 0.278. The van der Waals surface area contributed by atoms with Crippen LogP contribution in [0.5, 0.6) is 5.75 Å². The number of para-hydroxylation sites is 2. The number of hydrogen-bond acceptors (Lipinski definition) is 5. The van der Waals surface area contributed by atoms with Crippen molar-refractivity contribution in [3.05, 3.63) is 52.3 Å². The molecule has 6 nitrogen and oxygen atoms in total. The Morgan fingerprint density at radius 2 is 1.96 bits per heavy atom. The molecular formula is C18H19ClN2O4. The molecule has 132 valence electrons. The van der Waals surface area contributed by atoms with Crippen LogP contribution in [-0.2, 0) is 9.53 Å². The zero-order valence-corrected chi connectivity index (χ0v) is 15.0. The Bertz CT molecular complexity index is 769. The second kappa shape index (κ2) is 8.48. The third-order valence-corrected chi connectivity index (χ3v) is 3.57. The van der Waals surface area contributed by atoms with Crippen molar-refractivity contribution in [3.8, 4) is 5.75 Å². The van der Waals surface area contributed by atoms with Crippen molar-refractivity contribution in [2.24, 2.45) is 0 Å². The molecule has 7 heteroatoms. The molecule has 2 rings (SSSR count). The van der Waals surface area contributed by atoms with Gasteiger partial charge in [0.25, 0.3) is 5.91 Å². The van der Waals surface area contributed by atoms with Gasteiger partial charge in [0, 0.05) is 5.69 Å². The number of esters is 1. The van der Waals surface area contributed by atoms with Gasteiger partial charge in [0.05, 0.1) is 17.9 Å². The van der Waals surface area contributed by atoms with Crippen LogP contribution in [0.1, 0.15) is 28.5 Å². The van der Waals surface area contributed by atoms with E-state index >= 15 is 0 Å². The second-order valence-corrected chi connectivity index (χ2v) is 5.66. The number of anilines is 1. The molecule has 1 heterocycles. The minimum Gasteiger partial charge on any atom is -0.492 e. The minimum absolute atomic E-state index is 0.0598. The van der Waals surface area contributed by atoms with E-state index in [1.165, 1.54) is 0 Å². The van der Waals surface area contributed by atoms with Crippen LogP contribution in [0, 0.1) is 13.8 Å². The fourth-order valence-corrected chi connectivity index (χ4v) is 2.64. The van der Waals surface area contributed by atoms with Crippen LogP contribution in [-0.4, -0.2) is 30.1 Å². The first kappa shape index (κ1) is 18.7. The van der Waals surface area contributed by atoms with E-state index in [0.29, 0.717) is 29.3 Å². The van der Waals surface area contributed by atoms with Gasteiger partial charge in [-0.05, 0) is 44.5 Å². The van der Waals surface area contributed by atoms with Crippen molar-refractivity contribution in [3.63, 3.8) is 0 Å². The zero-order chi connectivity index (χ0) is 18.4. The summed E-state index contributed by atoms with van der Waals surface area (Å²) in [6.45, 7) is 5.39. The molecule has 0 spiro atoms. The van der Waals surface area contributed by atoms with Gasteiger partial charge < -0.3 is 14.8 Å². The normalized spacial score (nSPS) is 10.2. The molecule has 25 heavy (non-hydrogen) atoms. The maximum Gasteiger partial charge on any atom is 0.342 e. The molecule has 0 aliphatic rings. The lowest BCUT2D eigenvalue weighted by atomic mass is 10.1. The van der Waals surface area contributed by atoms with E-state index in [1.807, 2.05) is 6.92 Å². The predicted octanol–water partition coefficient (Wildman–Crippen LogP) is 3.55. The highest BCUT2D eigenvalue weighted by molar-refractivity contribution is 6.32. The summed E-state index contributed by atoms with van der Waals surface area (Å²) in [4.78, 5) is 28.2.